The van der Waals surface area contributed by atoms with E-state index in [2.05, 4.69) is 10.2 Å². The summed E-state index contributed by atoms with van der Waals surface area (Å²) >= 11 is 0. The Morgan fingerprint density at radius 2 is 2.13 bits per heavy atom. The van der Waals surface area contributed by atoms with Crippen molar-refractivity contribution in [2.45, 2.75) is 0 Å². The zero-order valence-corrected chi connectivity index (χ0v) is 8.21. The highest BCUT2D eigenvalue weighted by Gasteiger charge is 2.01. The first-order chi connectivity index (χ1) is 7.38. The van der Waals surface area contributed by atoms with E-state index < -0.39 is 0 Å². The Hall–Kier alpha value is -2.10. The summed E-state index contributed by atoms with van der Waals surface area (Å²) in [6.07, 6.45) is 1.71. The highest BCUT2D eigenvalue weighted by molar-refractivity contribution is 5.83. The van der Waals surface area contributed by atoms with E-state index in [9.17, 15) is 0 Å². The second-order valence-corrected chi connectivity index (χ2v) is 3.32. The number of fused-ring (bicyclic) bond motifs is 3. The molecule has 0 N–H and O–H groups in total. The van der Waals surface area contributed by atoms with Crippen molar-refractivity contribution >= 4 is 16.6 Å². The van der Waals surface area contributed by atoms with E-state index in [4.69, 9.17) is 4.74 Å². The van der Waals surface area contributed by atoms with E-state index in [1.165, 1.54) is 0 Å². The number of aromatic nitrogens is 3. The van der Waals surface area contributed by atoms with Crippen LogP contribution in [-0.2, 0) is 0 Å². The summed E-state index contributed by atoms with van der Waals surface area (Å²) in [7, 11) is 1.67. The van der Waals surface area contributed by atoms with Crippen molar-refractivity contribution < 1.29 is 4.74 Å². The molecule has 0 saturated heterocycles. The maximum atomic E-state index is 5.18. The Kier molecular flexibility index (Phi) is 1.62. The fourth-order valence-electron chi connectivity index (χ4n) is 1.72. The summed E-state index contributed by atoms with van der Waals surface area (Å²) in [6.45, 7) is 0. The third kappa shape index (κ3) is 1.15. The number of methoxy groups -OCH3 is 1. The standard InChI is InChI=1S/C11H9N3O/c1-15-9-3-4-10-8(6-9)2-5-11-13-12-7-14(10)11/h2-7H,1H3. The van der Waals surface area contributed by atoms with Gasteiger partial charge in [0.1, 0.15) is 12.1 Å². The van der Waals surface area contributed by atoms with Crippen molar-refractivity contribution in [2.24, 2.45) is 0 Å². The van der Waals surface area contributed by atoms with Gasteiger partial charge in [-0.1, -0.05) is 0 Å². The highest BCUT2D eigenvalue weighted by Crippen LogP contribution is 2.21. The van der Waals surface area contributed by atoms with Gasteiger partial charge in [-0.05, 0) is 30.3 Å². The predicted molar refractivity (Wildman–Crippen MR) is 57.0 cm³/mol. The first-order valence-corrected chi connectivity index (χ1v) is 4.65. The number of ether oxygens (including phenoxy) is 1. The van der Waals surface area contributed by atoms with Crippen LogP contribution in [0.2, 0.25) is 0 Å². The molecule has 0 atom stereocenters. The molecule has 0 aliphatic heterocycles. The summed E-state index contributed by atoms with van der Waals surface area (Å²) < 4.78 is 7.13. The third-order valence-electron chi connectivity index (χ3n) is 2.48. The van der Waals surface area contributed by atoms with Gasteiger partial charge in [-0.25, -0.2) is 0 Å². The van der Waals surface area contributed by atoms with Crippen LogP contribution in [0.25, 0.3) is 16.6 Å². The summed E-state index contributed by atoms with van der Waals surface area (Å²) in [5.41, 5.74) is 1.94. The molecular formula is C11H9N3O. The lowest BCUT2D eigenvalue weighted by Crippen LogP contribution is -1.88. The van der Waals surface area contributed by atoms with Crippen LogP contribution in [-0.4, -0.2) is 21.7 Å². The van der Waals surface area contributed by atoms with Gasteiger partial charge >= 0.3 is 0 Å². The van der Waals surface area contributed by atoms with Gasteiger partial charge in [0.25, 0.3) is 0 Å². The van der Waals surface area contributed by atoms with E-state index in [1.807, 2.05) is 34.7 Å². The Bertz CT molecular complexity index is 630. The molecule has 3 rings (SSSR count). The van der Waals surface area contributed by atoms with Crippen LogP contribution in [0.4, 0.5) is 0 Å². The first kappa shape index (κ1) is 8.23. The molecule has 0 aliphatic rings. The van der Waals surface area contributed by atoms with E-state index in [0.717, 1.165) is 22.3 Å². The Balaban J connectivity index is 2.44. The maximum Gasteiger partial charge on any atom is 0.161 e. The fraction of sp³-hybridized carbons (Fsp3) is 0.0909. The molecule has 0 bridgehead atoms. The van der Waals surface area contributed by atoms with Gasteiger partial charge < -0.3 is 4.74 Å². The van der Waals surface area contributed by atoms with Gasteiger partial charge in [-0.15, -0.1) is 10.2 Å². The van der Waals surface area contributed by atoms with Crippen LogP contribution in [0.5, 0.6) is 5.75 Å². The fourth-order valence-corrected chi connectivity index (χ4v) is 1.72. The lowest BCUT2D eigenvalue weighted by atomic mass is 10.2. The number of benzene rings is 1. The number of rotatable bonds is 1. The van der Waals surface area contributed by atoms with E-state index >= 15 is 0 Å². The lowest BCUT2D eigenvalue weighted by Gasteiger charge is -2.03. The second kappa shape index (κ2) is 2.95. The SMILES string of the molecule is COc1ccc2c(ccc3nncn32)c1. The summed E-state index contributed by atoms with van der Waals surface area (Å²) in [4.78, 5) is 0. The zero-order chi connectivity index (χ0) is 10.3. The van der Waals surface area contributed by atoms with Gasteiger partial charge in [-0.3, -0.25) is 4.40 Å². The minimum atomic E-state index is 0.854. The van der Waals surface area contributed by atoms with Crippen molar-refractivity contribution in [3.8, 4) is 5.75 Å². The Morgan fingerprint density at radius 3 is 3.00 bits per heavy atom. The van der Waals surface area contributed by atoms with Crippen molar-refractivity contribution in [3.05, 3.63) is 36.7 Å². The summed E-state index contributed by atoms with van der Waals surface area (Å²) in [5, 5.41) is 8.98. The maximum absolute atomic E-state index is 5.18. The zero-order valence-electron chi connectivity index (χ0n) is 8.21. The van der Waals surface area contributed by atoms with Gasteiger partial charge in [0.05, 0.1) is 12.6 Å². The molecule has 0 radical (unpaired) electrons. The normalized spacial score (nSPS) is 11.0. The molecule has 1 aromatic carbocycles. The van der Waals surface area contributed by atoms with Gasteiger partial charge in [0.15, 0.2) is 5.65 Å². The Morgan fingerprint density at radius 1 is 1.20 bits per heavy atom. The predicted octanol–water partition coefficient (Wildman–Crippen LogP) is 1.89. The summed E-state index contributed by atoms with van der Waals surface area (Å²) in [6, 6.07) is 9.89. The number of pyridine rings is 1. The highest BCUT2D eigenvalue weighted by atomic mass is 16.5. The molecule has 0 spiro atoms. The van der Waals surface area contributed by atoms with Gasteiger partial charge in [0, 0.05) is 5.39 Å². The minimum Gasteiger partial charge on any atom is -0.497 e. The van der Waals surface area contributed by atoms with Gasteiger partial charge in [0.2, 0.25) is 0 Å². The van der Waals surface area contributed by atoms with Crippen LogP contribution in [0.3, 0.4) is 0 Å². The second-order valence-electron chi connectivity index (χ2n) is 3.32. The lowest BCUT2D eigenvalue weighted by molar-refractivity contribution is 0.415. The van der Waals surface area contributed by atoms with E-state index in [0.29, 0.717) is 0 Å². The largest absolute Gasteiger partial charge is 0.497 e. The van der Waals surface area contributed by atoms with Crippen molar-refractivity contribution in [1.29, 1.82) is 0 Å². The third-order valence-corrected chi connectivity index (χ3v) is 2.48. The molecule has 2 aromatic heterocycles. The molecule has 4 nitrogen and oxygen atoms in total. The number of hydrogen-bond acceptors (Lipinski definition) is 3. The first-order valence-electron chi connectivity index (χ1n) is 4.65. The molecule has 0 saturated carbocycles. The molecule has 4 heteroatoms. The molecule has 0 aliphatic carbocycles. The van der Waals surface area contributed by atoms with Crippen molar-refractivity contribution in [3.63, 3.8) is 0 Å². The monoisotopic (exact) mass is 199 g/mol. The van der Waals surface area contributed by atoms with E-state index in [1.54, 1.807) is 13.4 Å². The smallest absolute Gasteiger partial charge is 0.161 e. The molecule has 0 amide bonds. The number of nitrogens with zero attached hydrogens (tertiary/aromatic N) is 3. The molecule has 74 valence electrons. The van der Waals surface area contributed by atoms with E-state index in [-0.39, 0.29) is 0 Å². The molecular weight excluding hydrogens is 190 g/mol. The van der Waals surface area contributed by atoms with Crippen LogP contribution >= 0.6 is 0 Å². The molecule has 0 fully saturated rings. The summed E-state index contributed by atoms with van der Waals surface area (Å²) in [5.74, 6) is 0.856. The molecule has 2 heterocycles. The quantitative estimate of drug-likeness (QED) is 0.600. The van der Waals surface area contributed by atoms with Crippen LogP contribution < -0.4 is 4.74 Å². The minimum absolute atomic E-state index is 0.854. The average molecular weight is 199 g/mol. The van der Waals surface area contributed by atoms with Crippen LogP contribution in [0.1, 0.15) is 0 Å². The van der Waals surface area contributed by atoms with Crippen molar-refractivity contribution in [2.75, 3.05) is 7.11 Å². The topological polar surface area (TPSA) is 39.4 Å². The molecule has 3 aromatic rings. The molecule has 15 heavy (non-hydrogen) atoms. The van der Waals surface area contributed by atoms with Crippen LogP contribution in [0.15, 0.2) is 36.7 Å². The number of hydrogen-bond donors (Lipinski definition) is 0. The van der Waals surface area contributed by atoms with Crippen molar-refractivity contribution in [1.82, 2.24) is 14.6 Å². The van der Waals surface area contributed by atoms with Gasteiger partial charge in [-0.2, -0.15) is 0 Å². The average Bonchev–Trinajstić information content (AvgIpc) is 2.76. The van der Waals surface area contributed by atoms with Crippen LogP contribution in [0, 0.1) is 0 Å². The Labute approximate surface area is 86.1 Å². The molecule has 0 unspecified atom stereocenters.